The number of aliphatic hydroxyl groups is 1. The van der Waals surface area contributed by atoms with Gasteiger partial charge in [0.2, 0.25) is 5.91 Å². The fourth-order valence-corrected chi connectivity index (χ4v) is 6.91. The van der Waals surface area contributed by atoms with Crippen LogP contribution in [0.4, 0.5) is 0 Å². The molecule has 6 nitrogen and oxygen atoms in total. The van der Waals surface area contributed by atoms with E-state index >= 15 is 0 Å². The highest BCUT2D eigenvalue weighted by Crippen LogP contribution is 2.55. The Hall–Kier alpha value is -3.17. The van der Waals surface area contributed by atoms with E-state index in [9.17, 15) is 14.7 Å². The third kappa shape index (κ3) is 5.57. The van der Waals surface area contributed by atoms with E-state index in [0.717, 1.165) is 31.2 Å². The monoisotopic (exact) mass is 501 g/mol. The molecule has 4 rings (SSSR count). The van der Waals surface area contributed by atoms with Crippen LogP contribution in [0.25, 0.3) is 0 Å². The molecule has 0 bridgehead atoms. The summed E-state index contributed by atoms with van der Waals surface area (Å²) >= 11 is 0. The molecule has 37 heavy (non-hydrogen) atoms. The van der Waals surface area contributed by atoms with Gasteiger partial charge in [0.15, 0.2) is 0 Å². The van der Waals surface area contributed by atoms with Crippen molar-refractivity contribution in [1.29, 1.82) is 5.26 Å². The molecule has 0 saturated heterocycles. The van der Waals surface area contributed by atoms with Crippen LogP contribution >= 0.6 is 0 Å². The van der Waals surface area contributed by atoms with Crippen LogP contribution in [0.5, 0.6) is 0 Å². The Morgan fingerprint density at radius 1 is 1.14 bits per heavy atom. The molecule has 0 radical (unpaired) electrons. The first-order valence-corrected chi connectivity index (χ1v) is 13.4. The largest absolute Gasteiger partial charge is 0.392 e. The van der Waals surface area contributed by atoms with Crippen LogP contribution < -0.4 is 5.32 Å². The zero-order valence-corrected chi connectivity index (χ0v) is 22.4. The Kier molecular flexibility index (Phi) is 8.04. The number of amides is 2. The second-order valence-electron chi connectivity index (χ2n) is 11.5. The Morgan fingerprint density at radius 3 is 2.43 bits per heavy atom. The number of rotatable bonds is 6. The lowest BCUT2D eigenvalue weighted by atomic mass is 9.51. The van der Waals surface area contributed by atoms with Gasteiger partial charge in [0.05, 0.1) is 17.7 Å². The van der Waals surface area contributed by atoms with Gasteiger partial charge < -0.3 is 15.3 Å². The summed E-state index contributed by atoms with van der Waals surface area (Å²) in [5.74, 6) is -0.416. The van der Waals surface area contributed by atoms with Gasteiger partial charge in [0.1, 0.15) is 0 Å². The predicted molar refractivity (Wildman–Crippen MR) is 143 cm³/mol. The molecule has 2 saturated carbocycles. The first-order valence-electron chi connectivity index (χ1n) is 13.4. The number of aliphatic hydroxyl groups excluding tert-OH is 1. The van der Waals surface area contributed by atoms with Crippen LogP contribution in [0, 0.1) is 40.4 Å². The molecule has 2 N–H and O–H groups in total. The van der Waals surface area contributed by atoms with Gasteiger partial charge in [-0.05, 0) is 78.7 Å². The van der Waals surface area contributed by atoms with Crippen LogP contribution in [0.2, 0.25) is 0 Å². The molecule has 2 aromatic rings. The van der Waals surface area contributed by atoms with Gasteiger partial charge in [-0.25, -0.2) is 0 Å². The number of hydrogen-bond donors (Lipinski definition) is 2. The number of carbonyl (C=O) groups excluding carboxylic acids is 2. The number of nitriles is 1. The molecule has 0 aliphatic heterocycles. The summed E-state index contributed by atoms with van der Waals surface area (Å²) < 4.78 is 0. The molecule has 7 atom stereocenters. The summed E-state index contributed by atoms with van der Waals surface area (Å²) in [4.78, 5) is 28.1. The summed E-state index contributed by atoms with van der Waals surface area (Å²) in [5.41, 5.74) is 2.13. The van der Waals surface area contributed by atoms with Gasteiger partial charge in [-0.1, -0.05) is 51.1 Å². The molecule has 0 spiro atoms. The molecule has 196 valence electrons. The average molecular weight is 502 g/mol. The van der Waals surface area contributed by atoms with Crippen molar-refractivity contribution in [3.63, 3.8) is 0 Å². The van der Waals surface area contributed by atoms with E-state index in [1.807, 2.05) is 44.3 Å². The zero-order valence-electron chi connectivity index (χ0n) is 22.4. The van der Waals surface area contributed by atoms with Gasteiger partial charge in [0.25, 0.3) is 5.91 Å². The normalized spacial score (nSPS) is 29.9. The summed E-state index contributed by atoms with van der Waals surface area (Å²) in [5, 5.41) is 23.9. The van der Waals surface area contributed by atoms with Gasteiger partial charge >= 0.3 is 0 Å². The number of nitrogens with zero attached hydrogens (tertiary/aromatic N) is 2. The van der Waals surface area contributed by atoms with Gasteiger partial charge in [-0.2, -0.15) is 5.26 Å². The SMILES string of the molecule is CC(C(=O)N(C)Cc1ccccc1)C1CCC2(C)CCC(NC(=O)c3ccc(C#N)cc3)C(C)C2C1O. The van der Waals surface area contributed by atoms with Crippen LogP contribution in [0.1, 0.15) is 67.9 Å². The maximum Gasteiger partial charge on any atom is 0.251 e. The molecule has 2 fully saturated rings. The molecule has 2 aromatic carbocycles. The van der Waals surface area contributed by atoms with Crippen LogP contribution in [0.3, 0.4) is 0 Å². The fraction of sp³-hybridized carbons (Fsp3) is 0.516. The lowest BCUT2D eigenvalue weighted by Crippen LogP contribution is -2.58. The second kappa shape index (κ2) is 11.1. The van der Waals surface area contributed by atoms with Crippen molar-refractivity contribution in [2.45, 2.75) is 65.1 Å². The highest BCUT2D eigenvalue weighted by molar-refractivity contribution is 5.94. The molecule has 0 aromatic heterocycles. The number of carbonyl (C=O) groups is 2. The first-order chi connectivity index (χ1) is 17.6. The number of hydrogen-bond acceptors (Lipinski definition) is 4. The number of fused-ring (bicyclic) bond motifs is 1. The summed E-state index contributed by atoms with van der Waals surface area (Å²) in [6.07, 6.45) is 2.99. The maximum absolute atomic E-state index is 13.4. The molecule has 6 heteroatoms. The molecule has 2 aliphatic carbocycles. The summed E-state index contributed by atoms with van der Waals surface area (Å²) in [6, 6.07) is 18.6. The minimum atomic E-state index is -0.604. The van der Waals surface area contributed by atoms with Gasteiger partial charge in [-0.3, -0.25) is 9.59 Å². The predicted octanol–water partition coefficient (Wildman–Crippen LogP) is 4.77. The third-order valence-electron chi connectivity index (χ3n) is 9.15. The third-order valence-corrected chi connectivity index (χ3v) is 9.15. The fourth-order valence-electron chi connectivity index (χ4n) is 6.91. The number of nitrogens with one attached hydrogen (secondary N) is 1. The quantitative estimate of drug-likeness (QED) is 0.596. The summed E-state index contributed by atoms with van der Waals surface area (Å²) in [7, 11) is 1.84. The zero-order chi connectivity index (χ0) is 26.7. The van der Waals surface area contributed by atoms with Crippen LogP contribution in [-0.2, 0) is 11.3 Å². The number of benzene rings is 2. The van der Waals surface area contributed by atoms with Gasteiger partial charge in [0, 0.05) is 31.1 Å². The maximum atomic E-state index is 13.4. The molecular formula is C31H39N3O3. The smallest absolute Gasteiger partial charge is 0.251 e. The van der Waals surface area contributed by atoms with E-state index in [2.05, 4.69) is 25.2 Å². The average Bonchev–Trinajstić information content (AvgIpc) is 2.90. The van der Waals surface area contributed by atoms with Gasteiger partial charge in [-0.15, -0.1) is 0 Å². The van der Waals surface area contributed by atoms with Crippen molar-refractivity contribution in [3.8, 4) is 6.07 Å². The Bertz CT molecular complexity index is 1140. The van der Waals surface area contributed by atoms with Crippen molar-refractivity contribution in [1.82, 2.24) is 10.2 Å². The van der Waals surface area contributed by atoms with E-state index in [1.54, 1.807) is 29.2 Å². The van der Waals surface area contributed by atoms with E-state index in [1.165, 1.54) is 0 Å². The lowest BCUT2D eigenvalue weighted by molar-refractivity contribution is -0.149. The Morgan fingerprint density at radius 2 is 1.78 bits per heavy atom. The first kappa shape index (κ1) is 26.9. The van der Waals surface area contributed by atoms with Crippen LogP contribution in [0.15, 0.2) is 54.6 Å². The van der Waals surface area contributed by atoms with Crippen molar-refractivity contribution < 1.29 is 14.7 Å². The van der Waals surface area contributed by atoms with E-state index < -0.39 is 6.10 Å². The second-order valence-corrected chi connectivity index (χ2v) is 11.5. The van der Waals surface area contributed by atoms with Crippen molar-refractivity contribution in [2.24, 2.45) is 29.1 Å². The van der Waals surface area contributed by atoms with Crippen molar-refractivity contribution >= 4 is 11.8 Å². The van der Waals surface area contributed by atoms with E-state index in [-0.39, 0.29) is 46.9 Å². The van der Waals surface area contributed by atoms with E-state index in [0.29, 0.717) is 17.7 Å². The molecule has 0 heterocycles. The molecular weight excluding hydrogens is 462 g/mol. The minimum Gasteiger partial charge on any atom is -0.392 e. The lowest BCUT2D eigenvalue weighted by Gasteiger charge is -2.56. The summed E-state index contributed by atoms with van der Waals surface area (Å²) in [6.45, 7) is 6.90. The van der Waals surface area contributed by atoms with Crippen molar-refractivity contribution in [3.05, 3.63) is 71.3 Å². The molecule has 7 unspecified atom stereocenters. The highest BCUT2D eigenvalue weighted by Gasteiger charge is 2.54. The molecule has 2 amide bonds. The van der Waals surface area contributed by atoms with Crippen LogP contribution in [-0.4, -0.2) is 41.0 Å². The minimum absolute atomic E-state index is 0.000874. The topological polar surface area (TPSA) is 93.4 Å². The van der Waals surface area contributed by atoms with E-state index in [4.69, 9.17) is 5.26 Å². The van der Waals surface area contributed by atoms with Crippen molar-refractivity contribution in [2.75, 3.05) is 7.05 Å². The standard InChI is InChI=1S/C31H39N3O3/c1-20(30(37)34(4)19-23-8-6-5-7-9-23)25-14-16-31(3)17-15-26(21(2)27(31)28(25)35)33-29(36)24-12-10-22(18-32)11-13-24/h5-13,20-21,25-28,35H,14-17,19H2,1-4H3,(H,33,36). The Balaban J connectivity index is 1.44. The Labute approximate surface area is 220 Å². The highest BCUT2D eigenvalue weighted by atomic mass is 16.3. The molecule has 2 aliphatic rings.